The molecule has 1 aliphatic heterocycles. The molecule has 0 bridgehead atoms. The average Bonchev–Trinajstić information content (AvgIpc) is 2.75. The van der Waals surface area contributed by atoms with Crippen LogP contribution in [0.25, 0.3) is 11.4 Å². The number of pyridine rings is 2. The molecule has 158 valence electrons. The van der Waals surface area contributed by atoms with Crippen LogP contribution in [0.3, 0.4) is 0 Å². The molecular weight excluding hydrogens is 387 g/mol. The summed E-state index contributed by atoms with van der Waals surface area (Å²) >= 11 is 0. The normalized spacial score (nSPS) is 16.8. The Morgan fingerprint density at radius 2 is 2.03 bits per heavy atom. The molecule has 0 N–H and O–H groups in total. The number of rotatable bonds is 7. The predicted octanol–water partition coefficient (Wildman–Crippen LogP) is 5.55. The summed E-state index contributed by atoms with van der Waals surface area (Å²) < 4.78 is 0. The Bertz CT molecular complexity index is 922. The molecule has 2 aromatic rings. The van der Waals surface area contributed by atoms with Crippen molar-refractivity contribution in [2.75, 3.05) is 13.1 Å². The molecule has 3 rings (SSSR count). The molecule has 4 nitrogen and oxygen atoms in total. The third-order valence-corrected chi connectivity index (χ3v) is 6.46. The molecule has 5 heteroatoms. The van der Waals surface area contributed by atoms with Crippen LogP contribution in [0.1, 0.15) is 55.6 Å². The first kappa shape index (κ1) is 22.4. The van der Waals surface area contributed by atoms with E-state index in [0.29, 0.717) is 0 Å². The molecule has 0 radical (unpaired) electrons. The molecule has 0 aromatic carbocycles. The van der Waals surface area contributed by atoms with E-state index in [4.69, 9.17) is 0 Å². The number of likely N-dealkylation sites (tertiary alicyclic amines) is 1. The van der Waals surface area contributed by atoms with Crippen molar-refractivity contribution in [3.05, 3.63) is 71.8 Å². The Morgan fingerprint density at radius 1 is 1.27 bits per heavy atom. The zero-order valence-electron chi connectivity index (χ0n) is 18.4. The summed E-state index contributed by atoms with van der Waals surface area (Å²) in [6, 6.07) is 8.40. The van der Waals surface area contributed by atoms with Gasteiger partial charge in [0.1, 0.15) is 0 Å². The second-order valence-electron chi connectivity index (χ2n) is 8.08. The van der Waals surface area contributed by atoms with E-state index in [1.807, 2.05) is 31.6 Å². The van der Waals surface area contributed by atoms with E-state index in [1.54, 1.807) is 0 Å². The third-order valence-electron chi connectivity index (χ3n) is 5.67. The van der Waals surface area contributed by atoms with Crippen molar-refractivity contribution in [3.8, 4) is 0 Å². The minimum Gasteiger partial charge on any atom is -0.371 e. The van der Waals surface area contributed by atoms with Crippen LogP contribution in [-0.4, -0.2) is 39.3 Å². The van der Waals surface area contributed by atoms with E-state index < -0.39 is 0 Å². The van der Waals surface area contributed by atoms with Gasteiger partial charge in [-0.05, 0) is 68.4 Å². The number of aryl methyl sites for hydroxylation is 1. The van der Waals surface area contributed by atoms with Crippen molar-refractivity contribution < 1.29 is 0 Å². The quantitative estimate of drug-likeness (QED) is 0.436. The highest BCUT2D eigenvalue weighted by Crippen LogP contribution is 2.37. The van der Waals surface area contributed by atoms with Crippen LogP contribution >= 0.6 is 9.24 Å². The maximum absolute atomic E-state index is 4.64. The van der Waals surface area contributed by atoms with E-state index in [2.05, 4.69) is 73.8 Å². The Morgan fingerprint density at radius 3 is 2.67 bits per heavy atom. The third kappa shape index (κ3) is 5.43. The molecule has 1 saturated heterocycles. The second-order valence-corrected chi connectivity index (χ2v) is 9.31. The summed E-state index contributed by atoms with van der Waals surface area (Å²) in [6.45, 7) is 12.5. The summed E-state index contributed by atoms with van der Waals surface area (Å²) in [6.07, 6.45) is 11.8. The average molecular weight is 421 g/mol. The zero-order chi connectivity index (χ0) is 21.6. The Kier molecular flexibility index (Phi) is 7.55. The zero-order valence-corrected chi connectivity index (χ0v) is 19.6. The lowest BCUT2D eigenvalue weighted by atomic mass is 9.89. The molecule has 3 heterocycles. The molecule has 1 aliphatic rings. The highest BCUT2D eigenvalue weighted by atomic mass is 31.0. The van der Waals surface area contributed by atoms with Gasteiger partial charge in [-0.2, -0.15) is 0 Å². The topological polar surface area (TPSA) is 41.4 Å². The first-order valence-corrected chi connectivity index (χ1v) is 11.3. The fourth-order valence-electron chi connectivity index (χ4n) is 3.92. The van der Waals surface area contributed by atoms with E-state index in [-0.39, 0.29) is 5.16 Å². The van der Waals surface area contributed by atoms with Gasteiger partial charge in [-0.15, -0.1) is 9.24 Å². The number of hydrogen-bond acceptors (Lipinski definition) is 4. The van der Waals surface area contributed by atoms with Crippen LogP contribution in [0.15, 0.2) is 54.3 Å². The molecule has 1 unspecified atom stereocenters. The Labute approximate surface area is 183 Å². The molecule has 0 amide bonds. The second kappa shape index (κ2) is 10.1. The minimum absolute atomic E-state index is 0.191. The van der Waals surface area contributed by atoms with Gasteiger partial charge in [0, 0.05) is 48.7 Å². The number of allylic oxidation sites excluding steroid dienone is 1. The van der Waals surface area contributed by atoms with E-state index in [9.17, 15) is 0 Å². The molecule has 1 atom stereocenters. The molecule has 0 spiro atoms. The SMILES string of the molecule is C=C(c1cccnc1C(=C/CC)/N=C\C)N1CCC(P)(Cc2ccc(C)cn2)CC1. The van der Waals surface area contributed by atoms with Gasteiger partial charge >= 0.3 is 0 Å². The van der Waals surface area contributed by atoms with Crippen LogP contribution in [0.2, 0.25) is 0 Å². The number of hydrogen-bond donors (Lipinski definition) is 0. The monoisotopic (exact) mass is 420 g/mol. The lowest BCUT2D eigenvalue weighted by Gasteiger charge is -2.41. The smallest absolute Gasteiger partial charge is 0.0975 e. The summed E-state index contributed by atoms with van der Waals surface area (Å²) in [5.74, 6) is 0. The molecule has 2 aromatic heterocycles. The Balaban J connectivity index is 1.73. The van der Waals surface area contributed by atoms with Gasteiger partial charge in [-0.3, -0.25) is 15.0 Å². The fraction of sp³-hybridized carbons (Fsp3) is 0.400. The molecular formula is C25H33N4P. The van der Waals surface area contributed by atoms with Crippen LogP contribution in [-0.2, 0) is 6.42 Å². The van der Waals surface area contributed by atoms with E-state index >= 15 is 0 Å². The first-order chi connectivity index (χ1) is 14.5. The maximum Gasteiger partial charge on any atom is 0.0975 e. The lowest BCUT2D eigenvalue weighted by Crippen LogP contribution is -2.41. The highest BCUT2D eigenvalue weighted by Gasteiger charge is 2.32. The summed E-state index contributed by atoms with van der Waals surface area (Å²) in [5.41, 5.74) is 6.31. The van der Waals surface area contributed by atoms with Crippen molar-refractivity contribution in [3.63, 3.8) is 0 Å². The van der Waals surface area contributed by atoms with E-state index in [1.165, 1.54) is 11.3 Å². The van der Waals surface area contributed by atoms with Gasteiger partial charge in [0.15, 0.2) is 0 Å². The summed E-state index contributed by atoms with van der Waals surface area (Å²) in [4.78, 5) is 16.2. The van der Waals surface area contributed by atoms with Gasteiger partial charge in [0.05, 0.1) is 11.4 Å². The van der Waals surface area contributed by atoms with Gasteiger partial charge in [-0.1, -0.05) is 25.6 Å². The fourth-order valence-corrected chi connectivity index (χ4v) is 4.39. The van der Waals surface area contributed by atoms with Crippen molar-refractivity contribution in [1.82, 2.24) is 14.9 Å². The van der Waals surface area contributed by atoms with Crippen molar-refractivity contribution in [2.24, 2.45) is 4.99 Å². The summed E-state index contributed by atoms with van der Waals surface area (Å²) in [5, 5.41) is 0.191. The largest absolute Gasteiger partial charge is 0.371 e. The van der Waals surface area contributed by atoms with Gasteiger partial charge in [0.25, 0.3) is 0 Å². The number of nitrogens with zero attached hydrogens (tertiary/aromatic N) is 4. The van der Waals surface area contributed by atoms with Crippen LogP contribution in [0.5, 0.6) is 0 Å². The van der Waals surface area contributed by atoms with E-state index in [0.717, 1.165) is 61.4 Å². The summed E-state index contributed by atoms with van der Waals surface area (Å²) in [7, 11) is 3.12. The predicted molar refractivity (Wildman–Crippen MR) is 132 cm³/mol. The maximum atomic E-state index is 4.64. The molecule has 30 heavy (non-hydrogen) atoms. The van der Waals surface area contributed by atoms with Gasteiger partial charge in [0.2, 0.25) is 0 Å². The van der Waals surface area contributed by atoms with Crippen molar-refractivity contribution in [1.29, 1.82) is 0 Å². The number of aromatic nitrogens is 2. The molecule has 0 saturated carbocycles. The van der Waals surface area contributed by atoms with Gasteiger partial charge < -0.3 is 4.90 Å². The van der Waals surface area contributed by atoms with Crippen LogP contribution in [0, 0.1) is 6.92 Å². The van der Waals surface area contributed by atoms with Crippen LogP contribution < -0.4 is 0 Å². The standard InChI is InChI=1S/C25H33N4P/c1-5-8-23(26-6-2)24-22(9-7-14-27-24)20(4)29-15-12-25(30,13-16-29)17-21-11-10-19(3)18-28-21/h6-11,14,18H,4-5,12-13,15-17,30H2,1-3H3/b23-8-,26-6-. The Hall–Kier alpha value is -2.32. The van der Waals surface area contributed by atoms with Crippen LogP contribution in [0.4, 0.5) is 0 Å². The number of piperidine rings is 1. The van der Waals surface area contributed by atoms with Gasteiger partial charge in [-0.25, -0.2) is 0 Å². The lowest BCUT2D eigenvalue weighted by molar-refractivity contribution is 0.276. The first-order valence-electron chi connectivity index (χ1n) is 10.7. The van der Waals surface area contributed by atoms with Crippen molar-refractivity contribution >= 4 is 26.8 Å². The number of aliphatic imine (C=N–C) groups is 1. The molecule has 1 fully saturated rings. The molecule has 0 aliphatic carbocycles. The minimum atomic E-state index is 0.191. The highest BCUT2D eigenvalue weighted by molar-refractivity contribution is 7.19. The van der Waals surface area contributed by atoms with Crippen molar-refractivity contribution in [2.45, 2.75) is 51.6 Å².